The highest BCUT2D eigenvalue weighted by atomic mass is 19.1. The number of fused-ring (bicyclic) bond motifs is 1. The predicted molar refractivity (Wildman–Crippen MR) is 112 cm³/mol. The maximum atomic E-state index is 13.3. The highest BCUT2D eigenvalue weighted by Crippen LogP contribution is 2.41. The number of imidazole rings is 1. The molecule has 152 valence electrons. The Balaban J connectivity index is 1.73. The molecule has 1 atom stereocenters. The maximum absolute atomic E-state index is 13.3. The fourth-order valence-corrected chi connectivity index (χ4v) is 3.73. The van der Waals surface area contributed by atoms with Crippen LogP contribution in [-0.2, 0) is 9.59 Å². The molecule has 7 nitrogen and oxygen atoms in total. The number of nitrogens with zero attached hydrogens (tertiary/aromatic N) is 3. The molecule has 1 amide bonds. The number of anilines is 1. The molecule has 5 rings (SSSR count). The van der Waals surface area contributed by atoms with E-state index in [-0.39, 0.29) is 17.1 Å². The summed E-state index contributed by atoms with van der Waals surface area (Å²) < 4.78 is 13.3. The van der Waals surface area contributed by atoms with Crippen molar-refractivity contribution in [2.24, 2.45) is 0 Å². The van der Waals surface area contributed by atoms with E-state index in [1.807, 2.05) is 18.2 Å². The fourth-order valence-electron chi connectivity index (χ4n) is 3.73. The Morgan fingerprint density at radius 1 is 1.00 bits per heavy atom. The zero-order valence-electron chi connectivity index (χ0n) is 16.0. The van der Waals surface area contributed by atoms with Crippen molar-refractivity contribution in [3.63, 3.8) is 0 Å². The first-order chi connectivity index (χ1) is 15.0. The Bertz CT molecular complexity index is 1310. The molecule has 0 saturated carbocycles. The summed E-state index contributed by atoms with van der Waals surface area (Å²) in [6.07, 6.45) is 3.07. The lowest BCUT2D eigenvalue weighted by Gasteiger charge is -2.22. The van der Waals surface area contributed by atoms with Crippen molar-refractivity contribution in [2.45, 2.75) is 6.04 Å². The number of pyridine rings is 1. The number of aliphatic hydroxyl groups is 1. The molecule has 2 aromatic heterocycles. The number of nitrogens with one attached hydrogen (secondary N) is 1. The molecule has 0 spiro atoms. The molecule has 4 aromatic rings. The summed E-state index contributed by atoms with van der Waals surface area (Å²) in [7, 11) is 0. The molecule has 1 fully saturated rings. The Morgan fingerprint density at radius 3 is 2.42 bits per heavy atom. The molecule has 31 heavy (non-hydrogen) atoms. The van der Waals surface area contributed by atoms with E-state index >= 15 is 0 Å². The minimum absolute atomic E-state index is 0.108. The molecule has 0 radical (unpaired) electrons. The maximum Gasteiger partial charge on any atom is 0.302 e. The minimum Gasteiger partial charge on any atom is -0.507 e. The fraction of sp³-hybridized carbons (Fsp3) is 0.0435. The number of benzene rings is 2. The van der Waals surface area contributed by atoms with Gasteiger partial charge >= 0.3 is 5.91 Å². The lowest BCUT2D eigenvalue weighted by atomic mass is 9.96. The van der Waals surface area contributed by atoms with Crippen LogP contribution >= 0.6 is 0 Å². The first-order valence-electron chi connectivity index (χ1n) is 9.46. The van der Waals surface area contributed by atoms with Gasteiger partial charge in [0, 0.05) is 18.0 Å². The van der Waals surface area contributed by atoms with Crippen molar-refractivity contribution in [1.29, 1.82) is 0 Å². The number of halogens is 1. The molecular formula is C23H15FN4O3. The Kier molecular flexibility index (Phi) is 4.32. The van der Waals surface area contributed by atoms with Crippen LogP contribution in [-0.4, -0.2) is 31.7 Å². The van der Waals surface area contributed by atoms with Crippen LogP contribution in [0.1, 0.15) is 17.2 Å². The lowest BCUT2D eigenvalue weighted by Crippen LogP contribution is -2.30. The number of Topliss-reactive ketones (excluding diaryl/α,β-unsaturated/α-hetero) is 1. The third kappa shape index (κ3) is 3.05. The van der Waals surface area contributed by atoms with Crippen LogP contribution in [0.4, 0.5) is 10.3 Å². The number of aromatic nitrogens is 3. The largest absolute Gasteiger partial charge is 0.507 e. The second-order valence-corrected chi connectivity index (χ2v) is 7.03. The third-order valence-corrected chi connectivity index (χ3v) is 5.19. The second-order valence-electron chi connectivity index (χ2n) is 7.03. The van der Waals surface area contributed by atoms with Gasteiger partial charge in [0.15, 0.2) is 0 Å². The second kappa shape index (κ2) is 7.17. The van der Waals surface area contributed by atoms with E-state index < -0.39 is 29.3 Å². The van der Waals surface area contributed by atoms with Crippen LogP contribution in [0, 0.1) is 5.82 Å². The van der Waals surface area contributed by atoms with Gasteiger partial charge in [-0.2, -0.15) is 0 Å². The van der Waals surface area contributed by atoms with Gasteiger partial charge in [-0.05, 0) is 54.1 Å². The molecule has 2 aromatic carbocycles. The van der Waals surface area contributed by atoms with Gasteiger partial charge in [-0.25, -0.2) is 9.37 Å². The Labute approximate surface area is 175 Å². The van der Waals surface area contributed by atoms with E-state index in [1.54, 1.807) is 18.2 Å². The molecule has 1 saturated heterocycles. The smallest absolute Gasteiger partial charge is 0.302 e. The summed E-state index contributed by atoms with van der Waals surface area (Å²) in [4.78, 5) is 38.8. The number of hydrogen-bond acceptors (Lipinski definition) is 5. The van der Waals surface area contributed by atoms with Crippen LogP contribution in [0.25, 0.3) is 16.8 Å². The van der Waals surface area contributed by atoms with Gasteiger partial charge in [0.2, 0.25) is 5.95 Å². The number of aliphatic hydroxyl groups excluding tert-OH is 1. The van der Waals surface area contributed by atoms with Crippen molar-refractivity contribution < 1.29 is 19.1 Å². The third-order valence-electron chi connectivity index (χ3n) is 5.19. The molecule has 0 bridgehead atoms. The van der Waals surface area contributed by atoms with E-state index in [0.29, 0.717) is 16.6 Å². The van der Waals surface area contributed by atoms with Crippen molar-refractivity contribution in [3.05, 3.63) is 95.6 Å². The van der Waals surface area contributed by atoms with Gasteiger partial charge in [0.25, 0.3) is 5.78 Å². The molecule has 1 unspecified atom stereocenters. The van der Waals surface area contributed by atoms with Crippen molar-refractivity contribution in [2.75, 3.05) is 4.90 Å². The summed E-state index contributed by atoms with van der Waals surface area (Å²) in [6.45, 7) is 0. The summed E-state index contributed by atoms with van der Waals surface area (Å²) >= 11 is 0. The summed E-state index contributed by atoms with van der Waals surface area (Å²) in [5.74, 6) is -2.37. The summed E-state index contributed by atoms with van der Waals surface area (Å²) in [6, 6.07) is 14.7. The SMILES string of the molecule is O=C1C(=O)N(c2nc3ccccc3[nH]2)C(c2ccncc2)/C1=C(\O)c1ccc(F)cc1. The number of carbonyl (C=O) groups is 2. The number of carbonyl (C=O) groups excluding carboxylic acids is 2. The molecule has 8 heteroatoms. The number of ketones is 1. The van der Waals surface area contributed by atoms with Crippen molar-refractivity contribution in [1.82, 2.24) is 15.0 Å². The number of rotatable bonds is 3. The van der Waals surface area contributed by atoms with Crippen molar-refractivity contribution in [3.8, 4) is 0 Å². The minimum atomic E-state index is -0.936. The summed E-state index contributed by atoms with van der Waals surface area (Å²) in [5, 5.41) is 10.9. The molecule has 1 aliphatic rings. The number of aromatic amines is 1. The zero-order chi connectivity index (χ0) is 21.5. The topological polar surface area (TPSA) is 99.2 Å². The van der Waals surface area contributed by atoms with Gasteiger partial charge in [-0.1, -0.05) is 12.1 Å². The number of para-hydroxylation sites is 2. The van der Waals surface area contributed by atoms with Crippen LogP contribution in [0.5, 0.6) is 0 Å². The number of H-pyrrole nitrogens is 1. The molecule has 1 aliphatic heterocycles. The molecule has 0 aliphatic carbocycles. The van der Waals surface area contributed by atoms with Gasteiger partial charge in [-0.3, -0.25) is 19.5 Å². The Hall–Kier alpha value is -4.33. The van der Waals surface area contributed by atoms with E-state index in [4.69, 9.17) is 0 Å². The van der Waals surface area contributed by atoms with Gasteiger partial charge in [0.1, 0.15) is 11.6 Å². The standard InChI is InChI=1S/C23H15FN4O3/c24-15-7-5-14(6-8-15)20(29)18-19(13-9-11-25-12-10-13)28(22(31)21(18)30)23-26-16-3-1-2-4-17(16)27-23/h1-12,19,29H,(H,26,27)/b20-18+. The molecule has 2 N–H and O–H groups in total. The number of hydrogen-bond donors (Lipinski definition) is 2. The highest BCUT2D eigenvalue weighted by molar-refractivity contribution is 6.51. The lowest BCUT2D eigenvalue weighted by molar-refractivity contribution is -0.132. The van der Waals surface area contributed by atoms with E-state index in [2.05, 4.69) is 15.0 Å². The van der Waals surface area contributed by atoms with E-state index in [0.717, 1.165) is 0 Å². The highest BCUT2D eigenvalue weighted by Gasteiger charge is 2.48. The van der Waals surface area contributed by atoms with E-state index in [9.17, 15) is 19.1 Å². The zero-order valence-corrected chi connectivity index (χ0v) is 16.0. The van der Waals surface area contributed by atoms with Crippen LogP contribution in [0.3, 0.4) is 0 Å². The van der Waals surface area contributed by atoms with E-state index in [1.165, 1.54) is 41.6 Å². The average molecular weight is 414 g/mol. The molecule has 3 heterocycles. The van der Waals surface area contributed by atoms with Crippen LogP contribution in [0.15, 0.2) is 78.6 Å². The quantitative estimate of drug-likeness (QED) is 0.302. The van der Waals surface area contributed by atoms with Crippen LogP contribution < -0.4 is 4.90 Å². The van der Waals surface area contributed by atoms with Crippen molar-refractivity contribution >= 4 is 34.4 Å². The monoisotopic (exact) mass is 414 g/mol. The van der Waals surface area contributed by atoms with Gasteiger partial charge in [0.05, 0.1) is 22.6 Å². The average Bonchev–Trinajstić information content (AvgIpc) is 3.33. The Morgan fingerprint density at radius 2 is 1.71 bits per heavy atom. The van der Waals surface area contributed by atoms with Gasteiger partial charge in [-0.15, -0.1) is 0 Å². The van der Waals surface area contributed by atoms with Crippen LogP contribution in [0.2, 0.25) is 0 Å². The predicted octanol–water partition coefficient (Wildman–Crippen LogP) is 3.72. The van der Waals surface area contributed by atoms with Gasteiger partial charge < -0.3 is 10.1 Å². The summed E-state index contributed by atoms with van der Waals surface area (Å²) in [5.41, 5.74) is 2.02. The first-order valence-corrected chi connectivity index (χ1v) is 9.46. The first kappa shape index (κ1) is 18.7. The normalized spacial score (nSPS) is 18.1. The molecular weight excluding hydrogens is 399 g/mol. The number of amides is 1.